The summed E-state index contributed by atoms with van der Waals surface area (Å²) in [7, 11) is 1.37. The molecule has 0 radical (unpaired) electrons. The average Bonchev–Trinajstić information content (AvgIpc) is 2.10. The summed E-state index contributed by atoms with van der Waals surface area (Å²) in [6, 6.07) is 3.51. The van der Waals surface area contributed by atoms with E-state index < -0.39 is 0 Å². The first-order valence-electron chi connectivity index (χ1n) is 3.91. The molecule has 0 aromatic heterocycles. The summed E-state index contributed by atoms with van der Waals surface area (Å²) in [5.41, 5.74) is 2.29. The molecule has 0 amide bonds. The molecule has 0 atom stereocenters. The topological polar surface area (TPSA) is 26.3 Å². The van der Waals surface area contributed by atoms with Crippen molar-refractivity contribution in [3.63, 3.8) is 0 Å². The number of rotatable bonds is 1. The van der Waals surface area contributed by atoms with Crippen molar-refractivity contribution in [3.05, 3.63) is 33.8 Å². The third-order valence-corrected chi connectivity index (χ3v) is 2.32. The zero-order valence-corrected chi connectivity index (χ0v) is 8.61. The maximum Gasteiger partial charge on any atom is 0.338 e. The summed E-state index contributed by atoms with van der Waals surface area (Å²) < 4.78 is 4.63. The minimum Gasteiger partial charge on any atom is -0.465 e. The van der Waals surface area contributed by atoms with Crippen LogP contribution in [0.5, 0.6) is 0 Å². The van der Waals surface area contributed by atoms with Gasteiger partial charge < -0.3 is 4.74 Å². The van der Waals surface area contributed by atoms with Crippen molar-refractivity contribution < 1.29 is 9.53 Å². The average molecular weight is 199 g/mol. The van der Waals surface area contributed by atoms with Gasteiger partial charge in [0.15, 0.2) is 0 Å². The highest BCUT2D eigenvalue weighted by Crippen LogP contribution is 2.20. The third kappa shape index (κ3) is 2.01. The Hall–Kier alpha value is -1.02. The Labute approximate surface area is 82.5 Å². The van der Waals surface area contributed by atoms with Crippen LogP contribution >= 0.6 is 11.6 Å². The van der Waals surface area contributed by atoms with E-state index in [9.17, 15) is 4.79 Å². The molecule has 0 fully saturated rings. The van der Waals surface area contributed by atoms with Crippen LogP contribution in [0.15, 0.2) is 12.1 Å². The molecule has 0 saturated carbocycles. The Kier molecular flexibility index (Phi) is 2.94. The lowest BCUT2D eigenvalue weighted by Gasteiger charge is -2.06. The summed E-state index contributed by atoms with van der Waals surface area (Å²) in [6.45, 7) is 3.69. The molecule has 0 N–H and O–H groups in total. The van der Waals surface area contributed by atoms with Gasteiger partial charge in [0.05, 0.1) is 12.7 Å². The Morgan fingerprint density at radius 2 is 1.92 bits per heavy atom. The molecule has 1 aromatic rings. The number of methoxy groups -OCH3 is 1. The number of carbonyl (C=O) groups excluding carboxylic acids is 1. The molecule has 3 heteroatoms. The van der Waals surface area contributed by atoms with Gasteiger partial charge in [0.1, 0.15) is 0 Å². The highest BCUT2D eigenvalue weighted by atomic mass is 35.5. The molecule has 0 heterocycles. The molecule has 0 aliphatic heterocycles. The van der Waals surface area contributed by atoms with Crippen LogP contribution in [0.2, 0.25) is 5.02 Å². The van der Waals surface area contributed by atoms with Crippen molar-refractivity contribution in [3.8, 4) is 0 Å². The quantitative estimate of drug-likeness (QED) is 0.649. The van der Waals surface area contributed by atoms with Gasteiger partial charge in [-0.2, -0.15) is 0 Å². The number of aryl methyl sites for hydroxylation is 2. The normalized spacial score (nSPS) is 9.85. The van der Waals surface area contributed by atoms with E-state index >= 15 is 0 Å². The molecule has 1 aromatic carbocycles. The van der Waals surface area contributed by atoms with Crippen molar-refractivity contribution in [2.24, 2.45) is 0 Å². The molecule has 13 heavy (non-hydrogen) atoms. The maximum absolute atomic E-state index is 11.2. The van der Waals surface area contributed by atoms with Crippen LogP contribution in [-0.2, 0) is 4.74 Å². The van der Waals surface area contributed by atoms with E-state index in [0.29, 0.717) is 10.6 Å². The zero-order valence-electron chi connectivity index (χ0n) is 7.85. The third-order valence-electron chi connectivity index (χ3n) is 1.91. The lowest BCUT2D eigenvalue weighted by Crippen LogP contribution is -2.04. The van der Waals surface area contributed by atoms with Crippen LogP contribution in [0.25, 0.3) is 0 Å². The molecular weight excluding hydrogens is 188 g/mol. The van der Waals surface area contributed by atoms with Gasteiger partial charge in [-0.3, -0.25) is 0 Å². The van der Waals surface area contributed by atoms with Crippen molar-refractivity contribution in [1.82, 2.24) is 0 Å². The van der Waals surface area contributed by atoms with Crippen molar-refractivity contribution in [2.75, 3.05) is 7.11 Å². The fraction of sp³-hybridized carbons (Fsp3) is 0.300. The SMILES string of the molecule is COC(=O)c1cc(C)c(Cl)cc1C. The van der Waals surface area contributed by atoms with E-state index in [2.05, 4.69) is 4.74 Å². The summed E-state index contributed by atoms with van der Waals surface area (Å²) in [4.78, 5) is 11.2. The highest BCUT2D eigenvalue weighted by molar-refractivity contribution is 6.31. The van der Waals surface area contributed by atoms with Crippen molar-refractivity contribution >= 4 is 17.6 Å². The second-order valence-electron chi connectivity index (χ2n) is 2.91. The van der Waals surface area contributed by atoms with Gasteiger partial charge in [-0.15, -0.1) is 0 Å². The Morgan fingerprint density at radius 3 is 2.46 bits per heavy atom. The van der Waals surface area contributed by atoms with E-state index in [0.717, 1.165) is 11.1 Å². The van der Waals surface area contributed by atoms with E-state index in [4.69, 9.17) is 11.6 Å². The minimum absolute atomic E-state index is 0.322. The van der Waals surface area contributed by atoms with Gasteiger partial charge in [-0.1, -0.05) is 11.6 Å². The first-order valence-corrected chi connectivity index (χ1v) is 4.29. The molecule has 0 spiro atoms. The fourth-order valence-corrected chi connectivity index (χ4v) is 1.33. The zero-order chi connectivity index (χ0) is 10.0. The highest BCUT2D eigenvalue weighted by Gasteiger charge is 2.10. The number of hydrogen-bond acceptors (Lipinski definition) is 2. The second-order valence-corrected chi connectivity index (χ2v) is 3.32. The standard InChI is InChI=1S/C10H11ClO2/c1-6-5-9(11)7(2)4-8(6)10(12)13-3/h4-5H,1-3H3. The lowest BCUT2D eigenvalue weighted by molar-refractivity contribution is 0.0600. The predicted octanol–water partition coefficient (Wildman–Crippen LogP) is 2.74. The van der Waals surface area contributed by atoms with Gasteiger partial charge in [0.2, 0.25) is 0 Å². The Balaban J connectivity index is 3.23. The Bertz CT molecular complexity index is 345. The van der Waals surface area contributed by atoms with Crippen LogP contribution < -0.4 is 0 Å². The monoisotopic (exact) mass is 198 g/mol. The van der Waals surface area contributed by atoms with E-state index in [1.165, 1.54) is 7.11 Å². The van der Waals surface area contributed by atoms with Crippen LogP contribution in [0.1, 0.15) is 21.5 Å². The number of halogens is 1. The van der Waals surface area contributed by atoms with E-state index in [1.807, 2.05) is 13.8 Å². The van der Waals surface area contributed by atoms with Gasteiger partial charge in [0, 0.05) is 5.02 Å². The van der Waals surface area contributed by atoms with E-state index in [1.54, 1.807) is 12.1 Å². The van der Waals surface area contributed by atoms with Crippen LogP contribution in [0.3, 0.4) is 0 Å². The van der Waals surface area contributed by atoms with Gasteiger partial charge in [0.25, 0.3) is 0 Å². The summed E-state index contributed by atoms with van der Waals surface area (Å²) in [5.74, 6) is -0.322. The maximum atomic E-state index is 11.2. The predicted molar refractivity (Wildman–Crippen MR) is 52.3 cm³/mol. The Morgan fingerprint density at radius 1 is 1.31 bits per heavy atom. The van der Waals surface area contributed by atoms with Crippen molar-refractivity contribution in [2.45, 2.75) is 13.8 Å². The molecule has 0 aliphatic carbocycles. The molecule has 70 valence electrons. The lowest BCUT2D eigenvalue weighted by atomic mass is 10.1. The van der Waals surface area contributed by atoms with Gasteiger partial charge >= 0.3 is 5.97 Å². The molecule has 0 bridgehead atoms. The number of benzene rings is 1. The fourth-order valence-electron chi connectivity index (χ4n) is 1.11. The van der Waals surface area contributed by atoms with E-state index in [-0.39, 0.29) is 5.97 Å². The number of ether oxygens (including phenoxy) is 1. The molecular formula is C10H11ClO2. The van der Waals surface area contributed by atoms with Gasteiger partial charge in [-0.05, 0) is 37.1 Å². The molecule has 0 saturated heterocycles. The van der Waals surface area contributed by atoms with Gasteiger partial charge in [-0.25, -0.2) is 4.79 Å². The largest absolute Gasteiger partial charge is 0.465 e. The molecule has 2 nitrogen and oxygen atoms in total. The summed E-state index contributed by atoms with van der Waals surface area (Å²) in [6.07, 6.45) is 0. The second kappa shape index (κ2) is 3.79. The minimum atomic E-state index is -0.322. The van der Waals surface area contributed by atoms with Crippen LogP contribution in [0.4, 0.5) is 0 Å². The van der Waals surface area contributed by atoms with Crippen molar-refractivity contribution in [1.29, 1.82) is 0 Å². The number of esters is 1. The van der Waals surface area contributed by atoms with Crippen LogP contribution in [0, 0.1) is 13.8 Å². The summed E-state index contributed by atoms with van der Waals surface area (Å²) >= 11 is 5.88. The number of carbonyl (C=O) groups is 1. The van der Waals surface area contributed by atoms with Crippen LogP contribution in [-0.4, -0.2) is 13.1 Å². The summed E-state index contributed by atoms with van der Waals surface area (Å²) in [5, 5.41) is 0.671. The smallest absolute Gasteiger partial charge is 0.338 e. The first-order chi connectivity index (χ1) is 6.06. The molecule has 1 rings (SSSR count). The molecule has 0 unspecified atom stereocenters. The number of hydrogen-bond donors (Lipinski definition) is 0. The first kappa shape index (κ1) is 10.1. The molecule has 0 aliphatic rings.